The first-order valence-corrected chi connectivity index (χ1v) is 15.2. The third kappa shape index (κ3) is 7.08. The van der Waals surface area contributed by atoms with Gasteiger partial charge in [0.25, 0.3) is 0 Å². The molecule has 0 radical (unpaired) electrons. The molecule has 4 rings (SSSR count). The fourth-order valence-electron chi connectivity index (χ4n) is 7.39. The number of rotatable bonds is 12. The van der Waals surface area contributed by atoms with Gasteiger partial charge in [0.2, 0.25) is 0 Å². The molecule has 0 aliphatic heterocycles. The normalized spacial score (nSPS) is 28.5. The van der Waals surface area contributed by atoms with Crippen LogP contribution in [0, 0.1) is 29.4 Å². The molecule has 0 N–H and O–H groups in total. The quantitative estimate of drug-likeness (QED) is 0.266. The van der Waals surface area contributed by atoms with Crippen molar-refractivity contribution in [3.05, 3.63) is 34.4 Å². The molecule has 0 spiro atoms. The van der Waals surface area contributed by atoms with E-state index in [1.165, 1.54) is 64.2 Å². The van der Waals surface area contributed by atoms with Gasteiger partial charge in [0, 0.05) is 6.61 Å². The fourth-order valence-corrected chi connectivity index (χ4v) is 7.39. The summed E-state index contributed by atoms with van der Waals surface area (Å²) >= 11 is 0. The van der Waals surface area contributed by atoms with E-state index in [1.807, 2.05) is 0 Å². The summed E-state index contributed by atoms with van der Waals surface area (Å²) < 4.78 is 36.9. The molecule has 3 aliphatic rings. The van der Waals surface area contributed by atoms with Gasteiger partial charge >= 0.3 is 0 Å². The number of fused-ring (bicyclic) bond motifs is 2. The van der Waals surface area contributed by atoms with E-state index in [1.54, 1.807) is 0 Å². The lowest BCUT2D eigenvalue weighted by molar-refractivity contribution is -0.0164. The molecular formula is C32H50F2O. The zero-order chi connectivity index (χ0) is 24.6. The van der Waals surface area contributed by atoms with Crippen LogP contribution in [-0.2, 0) is 17.6 Å². The maximum Gasteiger partial charge on any atom is 0.162 e. The number of unbranched alkanes of at least 4 members (excludes halogenated alkanes) is 6. The van der Waals surface area contributed by atoms with Gasteiger partial charge in [-0.05, 0) is 105 Å². The average Bonchev–Trinajstić information content (AvgIpc) is 2.88. The van der Waals surface area contributed by atoms with Gasteiger partial charge in [0.05, 0.1) is 6.10 Å². The SMILES string of the molecule is CCCCCCOC1CCC2CC(c3cc4c(c(F)c3F)CC(CCCCCC)CC4)CCC2C1. The maximum atomic E-state index is 15.4. The molecule has 0 saturated heterocycles. The number of hydrogen-bond donors (Lipinski definition) is 0. The lowest BCUT2D eigenvalue weighted by Gasteiger charge is -2.42. The molecule has 2 fully saturated rings. The molecule has 198 valence electrons. The molecule has 1 aromatic carbocycles. The molecule has 0 aromatic heterocycles. The Hall–Kier alpha value is -0.960. The molecule has 0 bridgehead atoms. The van der Waals surface area contributed by atoms with E-state index in [-0.39, 0.29) is 5.92 Å². The van der Waals surface area contributed by atoms with Crippen molar-refractivity contribution in [3.8, 4) is 0 Å². The van der Waals surface area contributed by atoms with Crippen molar-refractivity contribution < 1.29 is 13.5 Å². The van der Waals surface area contributed by atoms with Crippen LogP contribution in [0.5, 0.6) is 0 Å². The second-order valence-electron chi connectivity index (χ2n) is 12.1. The molecule has 0 amide bonds. The molecule has 3 aliphatic carbocycles. The van der Waals surface area contributed by atoms with Gasteiger partial charge in [0.15, 0.2) is 11.6 Å². The minimum atomic E-state index is -0.525. The largest absolute Gasteiger partial charge is 0.378 e. The minimum absolute atomic E-state index is 0.189. The van der Waals surface area contributed by atoms with E-state index >= 15 is 8.78 Å². The molecule has 2 saturated carbocycles. The summed E-state index contributed by atoms with van der Waals surface area (Å²) in [4.78, 5) is 0. The zero-order valence-corrected chi connectivity index (χ0v) is 22.6. The molecule has 0 heterocycles. The first-order valence-electron chi connectivity index (χ1n) is 15.2. The highest BCUT2D eigenvalue weighted by Crippen LogP contribution is 2.48. The van der Waals surface area contributed by atoms with E-state index in [2.05, 4.69) is 19.9 Å². The zero-order valence-electron chi connectivity index (χ0n) is 22.6. The first-order chi connectivity index (χ1) is 17.1. The second kappa shape index (κ2) is 13.5. The average molecular weight is 489 g/mol. The van der Waals surface area contributed by atoms with Crippen LogP contribution in [0.3, 0.4) is 0 Å². The van der Waals surface area contributed by atoms with Crippen LogP contribution in [0.1, 0.15) is 139 Å². The fraction of sp³-hybridized carbons (Fsp3) is 0.812. The summed E-state index contributed by atoms with van der Waals surface area (Å²) in [5, 5.41) is 0. The monoisotopic (exact) mass is 488 g/mol. The number of halogens is 2. The van der Waals surface area contributed by atoms with E-state index in [9.17, 15) is 0 Å². The maximum absolute atomic E-state index is 15.4. The Kier molecular flexibility index (Phi) is 10.5. The minimum Gasteiger partial charge on any atom is -0.378 e. The predicted octanol–water partition coefficient (Wildman–Crippen LogP) is 9.69. The van der Waals surface area contributed by atoms with Crippen molar-refractivity contribution in [2.75, 3.05) is 6.61 Å². The van der Waals surface area contributed by atoms with E-state index in [0.29, 0.717) is 35.0 Å². The summed E-state index contributed by atoms with van der Waals surface area (Å²) in [6.07, 6.45) is 21.1. The van der Waals surface area contributed by atoms with Crippen LogP contribution < -0.4 is 0 Å². The standard InChI is InChI=1S/C32H50F2O/c1-3-5-7-9-11-23-12-13-27-22-30(32(34)31(33)29(27)19-23)26-15-14-25-21-28(17-16-24(25)20-26)35-18-10-8-6-4-2/h22-26,28H,3-21H2,1-2H3. The van der Waals surface area contributed by atoms with Gasteiger partial charge in [-0.15, -0.1) is 0 Å². The van der Waals surface area contributed by atoms with Crippen LogP contribution in [0.15, 0.2) is 6.07 Å². The van der Waals surface area contributed by atoms with E-state index in [4.69, 9.17) is 4.74 Å². The highest BCUT2D eigenvalue weighted by atomic mass is 19.2. The summed E-state index contributed by atoms with van der Waals surface area (Å²) in [6, 6.07) is 2.08. The number of benzene rings is 1. The van der Waals surface area contributed by atoms with Crippen LogP contribution in [0.4, 0.5) is 8.78 Å². The van der Waals surface area contributed by atoms with Crippen LogP contribution >= 0.6 is 0 Å². The van der Waals surface area contributed by atoms with E-state index in [0.717, 1.165) is 63.5 Å². The molecule has 5 atom stereocenters. The van der Waals surface area contributed by atoms with Crippen molar-refractivity contribution in [2.45, 2.75) is 141 Å². The highest BCUT2D eigenvalue weighted by molar-refractivity contribution is 5.38. The van der Waals surface area contributed by atoms with Crippen molar-refractivity contribution in [2.24, 2.45) is 17.8 Å². The summed E-state index contributed by atoms with van der Waals surface area (Å²) in [6.45, 7) is 5.38. The van der Waals surface area contributed by atoms with Crippen molar-refractivity contribution >= 4 is 0 Å². The van der Waals surface area contributed by atoms with Gasteiger partial charge in [0.1, 0.15) is 0 Å². The van der Waals surface area contributed by atoms with E-state index < -0.39 is 11.6 Å². The number of ether oxygens (including phenoxy) is 1. The predicted molar refractivity (Wildman–Crippen MR) is 142 cm³/mol. The summed E-state index contributed by atoms with van der Waals surface area (Å²) in [7, 11) is 0. The van der Waals surface area contributed by atoms with Crippen molar-refractivity contribution in [1.82, 2.24) is 0 Å². The van der Waals surface area contributed by atoms with Gasteiger partial charge in [-0.2, -0.15) is 0 Å². The smallest absolute Gasteiger partial charge is 0.162 e. The Morgan fingerprint density at radius 1 is 0.800 bits per heavy atom. The number of hydrogen-bond acceptors (Lipinski definition) is 1. The van der Waals surface area contributed by atoms with Gasteiger partial charge in [-0.1, -0.05) is 71.3 Å². The van der Waals surface area contributed by atoms with Crippen molar-refractivity contribution in [1.29, 1.82) is 0 Å². The summed E-state index contributed by atoms with van der Waals surface area (Å²) in [5.74, 6) is 1.04. The van der Waals surface area contributed by atoms with Crippen LogP contribution in [0.2, 0.25) is 0 Å². The third-order valence-corrected chi connectivity index (χ3v) is 9.57. The Bertz CT molecular complexity index is 790. The van der Waals surface area contributed by atoms with Gasteiger partial charge < -0.3 is 4.74 Å². The van der Waals surface area contributed by atoms with Gasteiger partial charge in [-0.25, -0.2) is 8.78 Å². The lowest BCUT2D eigenvalue weighted by Crippen LogP contribution is -2.34. The summed E-state index contributed by atoms with van der Waals surface area (Å²) in [5.41, 5.74) is 2.49. The Morgan fingerprint density at radius 2 is 1.54 bits per heavy atom. The molecule has 35 heavy (non-hydrogen) atoms. The van der Waals surface area contributed by atoms with Crippen LogP contribution in [0.25, 0.3) is 0 Å². The topological polar surface area (TPSA) is 9.23 Å². The first kappa shape index (κ1) is 27.1. The molecular weight excluding hydrogens is 438 g/mol. The third-order valence-electron chi connectivity index (χ3n) is 9.57. The second-order valence-corrected chi connectivity index (χ2v) is 12.1. The van der Waals surface area contributed by atoms with Crippen LogP contribution in [-0.4, -0.2) is 12.7 Å². The lowest BCUT2D eigenvalue weighted by atomic mass is 9.65. The van der Waals surface area contributed by atoms with Crippen molar-refractivity contribution in [3.63, 3.8) is 0 Å². The Labute approximate surface area is 213 Å². The van der Waals surface area contributed by atoms with Gasteiger partial charge in [-0.3, -0.25) is 0 Å². The molecule has 1 aromatic rings. The highest BCUT2D eigenvalue weighted by Gasteiger charge is 2.38. The molecule has 3 heteroatoms. The molecule has 1 nitrogen and oxygen atoms in total. The Morgan fingerprint density at radius 3 is 2.34 bits per heavy atom. The molecule has 5 unspecified atom stereocenters. The Balaban J connectivity index is 1.31. The number of aryl methyl sites for hydroxylation is 1.